The van der Waals surface area contributed by atoms with Gasteiger partial charge >= 0.3 is 0 Å². The zero-order valence-electron chi connectivity index (χ0n) is 9.71. The van der Waals surface area contributed by atoms with Crippen molar-refractivity contribution in [3.8, 4) is 11.8 Å². The smallest absolute Gasteiger partial charge is 0.240 e. The van der Waals surface area contributed by atoms with Gasteiger partial charge in [-0.2, -0.15) is 10.2 Å². The summed E-state index contributed by atoms with van der Waals surface area (Å²) in [6.45, 7) is 0. The molecule has 0 radical (unpaired) electrons. The molecule has 3 aromatic rings. The molecule has 0 atom stereocenters. The zero-order valence-corrected chi connectivity index (χ0v) is 11.3. The highest BCUT2D eigenvalue weighted by Gasteiger charge is 2.11. The fourth-order valence-corrected chi connectivity index (χ4v) is 2.48. The maximum absolute atomic E-state index is 9.14. The number of hydrogen-bond acceptors (Lipinski definition) is 4. The number of nitrogens with two attached hydrogens (primary N) is 1. The van der Waals surface area contributed by atoms with Gasteiger partial charge in [0.1, 0.15) is 0 Å². The van der Waals surface area contributed by atoms with E-state index >= 15 is 0 Å². The molecule has 6 heteroatoms. The van der Waals surface area contributed by atoms with Crippen LogP contribution in [0.3, 0.4) is 0 Å². The number of hydrogen-bond donors (Lipinski definition) is 1. The van der Waals surface area contributed by atoms with E-state index in [1.54, 1.807) is 10.7 Å². The first-order chi connectivity index (χ1) is 9.20. The standard InChI is InChI=1S/C13H8BrN5/c14-12-17-13(16)18-19(12)11-6-5-8(7-15)9-3-1-2-4-10(9)11/h1-6H,(H2,16,18). The van der Waals surface area contributed by atoms with Crippen molar-refractivity contribution in [2.75, 3.05) is 5.73 Å². The molecule has 1 aromatic heterocycles. The largest absolute Gasteiger partial charge is 0.366 e. The van der Waals surface area contributed by atoms with Crippen LogP contribution >= 0.6 is 15.9 Å². The van der Waals surface area contributed by atoms with Crippen LogP contribution in [0.25, 0.3) is 16.5 Å². The molecule has 0 saturated carbocycles. The summed E-state index contributed by atoms with van der Waals surface area (Å²) in [6, 6.07) is 13.5. The molecule has 3 rings (SSSR count). The topological polar surface area (TPSA) is 80.5 Å². The summed E-state index contributed by atoms with van der Waals surface area (Å²) >= 11 is 3.32. The van der Waals surface area contributed by atoms with E-state index in [1.807, 2.05) is 30.3 Å². The highest BCUT2D eigenvalue weighted by atomic mass is 79.9. The van der Waals surface area contributed by atoms with Crippen LogP contribution in [0.15, 0.2) is 41.1 Å². The average Bonchev–Trinajstić information content (AvgIpc) is 2.76. The van der Waals surface area contributed by atoms with E-state index in [2.05, 4.69) is 32.1 Å². The summed E-state index contributed by atoms with van der Waals surface area (Å²) < 4.78 is 2.14. The number of aromatic nitrogens is 3. The van der Waals surface area contributed by atoms with Crippen LogP contribution in [0.4, 0.5) is 5.95 Å². The minimum absolute atomic E-state index is 0.195. The van der Waals surface area contributed by atoms with E-state index in [0.29, 0.717) is 10.3 Å². The Hall–Kier alpha value is -2.39. The van der Waals surface area contributed by atoms with Crippen LogP contribution in [-0.4, -0.2) is 14.8 Å². The van der Waals surface area contributed by atoms with E-state index < -0.39 is 0 Å². The lowest BCUT2D eigenvalue weighted by atomic mass is 10.0. The molecular formula is C13H8BrN5. The van der Waals surface area contributed by atoms with Crippen LogP contribution in [0.2, 0.25) is 0 Å². The van der Waals surface area contributed by atoms with Gasteiger partial charge in [-0.05, 0) is 28.1 Å². The Morgan fingerprint density at radius 1 is 1.16 bits per heavy atom. The first kappa shape index (κ1) is 11.7. The number of halogens is 1. The predicted molar refractivity (Wildman–Crippen MR) is 75.7 cm³/mol. The van der Waals surface area contributed by atoms with Crippen LogP contribution in [0, 0.1) is 11.3 Å². The molecular weight excluding hydrogens is 306 g/mol. The van der Waals surface area contributed by atoms with Gasteiger partial charge in [-0.3, -0.25) is 0 Å². The van der Waals surface area contributed by atoms with E-state index in [4.69, 9.17) is 11.0 Å². The minimum Gasteiger partial charge on any atom is -0.366 e. The van der Waals surface area contributed by atoms with E-state index in [1.165, 1.54) is 0 Å². The van der Waals surface area contributed by atoms with Crippen molar-refractivity contribution in [3.63, 3.8) is 0 Å². The fraction of sp³-hybridized carbons (Fsp3) is 0. The second-order valence-corrected chi connectivity index (χ2v) is 4.65. The Morgan fingerprint density at radius 2 is 1.89 bits per heavy atom. The van der Waals surface area contributed by atoms with Gasteiger partial charge in [0.05, 0.1) is 17.3 Å². The Bertz CT molecular complexity index is 816. The Kier molecular flexibility index (Phi) is 2.69. The summed E-state index contributed by atoms with van der Waals surface area (Å²) in [5.41, 5.74) is 7.04. The maximum Gasteiger partial charge on any atom is 0.240 e. The third-order valence-electron chi connectivity index (χ3n) is 2.83. The van der Waals surface area contributed by atoms with Crippen molar-refractivity contribution < 1.29 is 0 Å². The molecule has 92 valence electrons. The van der Waals surface area contributed by atoms with Crippen molar-refractivity contribution >= 4 is 32.7 Å². The number of rotatable bonds is 1. The number of fused-ring (bicyclic) bond motifs is 1. The normalized spacial score (nSPS) is 10.5. The summed E-state index contributed by atoms with van der Waals surface area (Å²) in [4.78, 5) is 4.02. The van der Waals surface area contributed by atoms with E-state index in [9.17, 15) is 0 Å². The molecule has 0 spiro atoms. The minimum atomic E-state index is 0.195. The van der Waals surface area contributed by atoms with Crippen LogP contribution in [0.1, 0.15) is 5.56 Å². The van der Waals surface area contributed by atoms with Gasteiger partial charge in [0, 0.05) is 10.8 Å². The predicted octanol–water partition coefficient (Wildman–Crippen LogP) is 2.64. The summed E-state index contributed by atoms with van der Waals surface area (Å²) in [5, 5.41) is 15.1. The van der Waals surface area contributed by atoms with Gasteiger partial charge in [0.15, 0.2) is 0 Å². The lowest BCUT2D eigenvalue weighted by Crippen LogP contribution is -1.99. The van der Waals surface area contributed by atoms with Crippen LogP contribution in [-0.2, 0) is 0 Å². The number of anilines is 1. The van der Waals surface area contributed by atoms with Crippen molar-refractivity contribution in [1.82, 2.24) is 14.8 Å². The third-order valence-corrected chi connectivity index (χ3v) is 3.35. The second-order valence-electron chi connectivity index (χ2n) is 3.94. The molecule has 19 heavy (non-hydrogen) atoms. The first-order valence-electron chi connectivity index (χ1n) is 5.51. The van der Waals surface area contributed by atoms with Gasteiger partial charge in [-0.25, -0.2) is 4.68 Å². The molecule has 0 aliphatic rings. The molecule has 1 heterocycles. The molecule has 2 N–H and O–H groups in total. The van der Waals surface area contributed by atoms with Gasteiger partial charge in [0.2, 0.25) is 10.7 Å². The van der Waals surface area contributed by atoms with Crippen LogP contribution < -0.4 is 5.73 Å². The van der Waals surface area contributed by atoms with Crippen molar-refractivity contribution in [2.45, 2.75) is 0 Å². The Labute approximate surface area is 117 Å². The molecule has 0 aliphatic carbocycles. The molecule has 0 aliphatic heterocycles. The molecule has 0 amide bonds. The Balaban J connectivity index is 2.38. The summed E-state index contributed by atoms with van der Waals surface area (Å²) in [5.74, 6) is 0.195. The van der Waals surface area contributed by atoms with Crippen molar-refractivity contribution in [3.05, 3.63) is 46.7 Å². The van der Waals surface area contributed by atoms with Crippen LogP contribution in [0.5, 0.6) is 0 Å². The average molecular weight is 314 g/mol. The summed E-state index contributed by atoms with van der Waals surface area (Å²) in [6.07, 6.45) is 0. The maximum atomic E-state index is 9.14. The van der Waals surface area contributed by atoms with Crippen molar-refractivity contribution in [2.24, 2.45) is 0 Å². The van der Waals surface area contributed by atoms with Gasteiger partial charge in [-0.1, -0.05) is 24.3 Å². The molecule has 0 fully saturated rings. The second kappa shape index (κ2) is 4.37. The zero-order chi connectivity index (χ0) is 13.4. The summed E-state index contributed by atoms with van der Waals surface area (Å²) in [7, 11) is 0. The van der Waals surface area contributed by atoms with E-state index in [-0.39, 0.29) is 5.95 Å². The first-order valence-corrected chi connectivity index (χ1v) is 6.30. The van der Waals surface area contributed by atoms with Gasteiger partial charge in [-0.15, -0.1) is 5.10 Å². The quantitative estimate of drug-likeness (QED) is 0.749. The highest BCUT2D eigenvalue weighted by molar-refractivity contribution is 9.10. The lowest BCUT2D eigenvalue weighted by Gasteiger charge is -2.08. The number of benzene rings is 2. The fourth-order valence-electron chi connectivity index (χ4n) is 2.03. The molecule has 0 unspecified atom stereocenters. The number of nitriles is 1. The monoisotopic (exact) mass is 313 g/mol. The SMILES string of the molecule is N#Cc1ccc(-n2nc(N)nc2Br)c2ccccc12. The highest BCUT2D eigenvalue weighted by Crippen LogP contribution is 2.27. The molecule has 5 nitrogen and oxygen atoms in total. The number of nitrogen functional groups attached to an aromatic ring is 1. The van der Waals surface area contributed by atoms with Gasteiger partial charge < -0.3 is 5.73 Å². The molecule has 0 saturated heterocycles. The van der Waals surface area contributed by atoms with Crippen molar-refractivity contribution in [1.29, 1.82) is 5.26 Å². The van der Waals surface area contributed by atoms with E-state index in [0.717, 1.165) is 16.5 Å². The molecule has 2 aromatic carbocycles. The van der Waals surface area contributed by atoms with Gasteiger partial charge in [0.25, 0.3) is 0 Å². The third kappa shape index (κ3) is 1.84. The molecule has 0 bridgehead atoms. The number of nitrogens with zero attached hydrogens (tertiary/aromatic N) is 4. The Morgan fingerprint density at radius 3 is 2.53 bits per heavy atom. The lowest BCUT2D eigenvalue weighted by molar-refractivity contribution is 0.867.